The lowest BCUT2D eigenvalue weighted by atomic mass is 10.2. The average molecular weight is 415 g/mol. The van der Waals surface area contributed by atoms with Gasteiger partial charge in [0.15, 0.2) is 0 Å². The maximum Gasteiger partial charge on any atom is 0.331 e. The lowest BCUT2D eigenvalue weighted by Gasteiger charge is -2.13. The molecule has 3 aromatic carbocycles. The predicted octanol–water partition coefficient (Wildman–Crippen LogP) is 3.61. The maximum atomic E-state index is 12.8. The Bertz CT molecular complexity index is 1340. The normalized spacial score (nSPS) is 10.7. The van der Waals surface area contributed by atoms with Crippen LogP contribution in [0.3, 0.4) is 0 Å². The van der Waals surface area contributed by atoms with Crippen molar-refractivity contribution in [3.05, 3.63) is 99.7 Å². The Hall–Kier alpha value is -4.13. The van der Waals surface area contributed by atoms with Gasteiger partial charge < -0.3 is 10.1 Å². The predicted molar refractivity (Wildman–Crippen MR) is 120 cm³/mol. The van der Waals surface area contributed by atoms with Gasteiger partial charge in [-0.15, -0.1) is 0 Å². The van der Waals surface area contributed by atoms with Gasteiger partial charge in [0.25, 0.3) is 5.56 Å². The summed E-state index contributed by atoms with van der Waals surface area (Å²) in [5.41, 5.74) is 0.150. The molecule has 7 nitrogen and oxygen atoms in total. The molecule has 4 rings (SSSR count). The number of fused-ring (bicyclic) bond motifs is 1. The fraction of sp³-hybridized carbons (Fsp3) is 0.125. The van der Waals surface area contributed by atoms with Crippen LogP contribution in [0.2, 0.25) is 0 Å². The summed E-state index contributed by atoms with van der Waals surface area (Å²) in [7, 11) is 0. The SMILES string of the molecule is CCn1c(=O)c2ccccc2n(CC(=O)Nc2ccc(Oc3ccccc3)cc2)c1=O. The summed E-state index contributed by atoms with van der Waals surface area (Å²) in [5.74, 6) is 0.989. The summed E-state index contributed by atoms with van der Waals surface area (Å²) in [6.45, 7) is 1.75. The Morgan fingerprint density at radius 1 is 0.839 bits per heavy atom. The smallest absolute Gasteiger partial charge is 0.331 e. The van der Waals surface area contributed by atoms with Gasteiger partial charge in [0, 0.05) is 12.2 Å². The minimum atomic E-state index is -0.507. The number of anilines is 1. The van der Waals surface area contributed by atoms with Gasteiger partial charge in [0.2, 0.25) is 5.91 Å². The summed E-state index contributed by atoms with van der Waals surface area (Å²) in [6.07, 6.45) is 0. The number of rotatable bonds is 6. The van der Waals surface area contributed by atoms with Crippen LogP contribution in [0.25, 0.3) is 10.9 Å². The molecule has 4 aromatic rings. The second kappa shape index (κ2) is 8.71. The number of hydrogen-bond acceptors (Lipinski definition) is 4. The number of nitrogens with one attached hydrogen (secondary N) is 1. The van der Waals surface area contributed by atoms with Crippen LogP contribution in [0.4, 0.5) is 5.69 Å². The van der Waals surface area contributed by atoms with E-state index in [0.29, 0.717) is 22.3 Å². The summed E-state index contributed by atoms with van der Waals surface area (Å²) in [4.78, 5) is 37.9. The molecule has 7 heteroatoms. The molecule has 0 atom stereocenters. The molecule has 1 amide bonds. The molecular formula is C24H21N3O4. The van der Waals surface area contributed by atoms with Crippen molar-refractivity contribution in [3.63, 3.8) is 0 Å². The summed E-state index contributed by atoms with van der Waals surface area (Å²) in [5, 5.41) is 3.19. The molecule has 156 valence electrons. The highest BCUT2D eigenvalue weighted by Gasteiger charge is 2.14. The Morgan fingerprint density at radius 2 is 1.48 bits per heavy atom. The molecule has 0 radical (unpaired) electrons. The number of para-hydroxylation sites is 2. The van der Waals surface area contributed by atoms with Gasteiger partial charge in [-0.2, -0.15) is 0 Å². The molecule has 0 unspecified atom stereocenters. The quantitative estimate of drug-likeness (QED) is 0.522. The number of ether oxygens (including phenoxy) is 1. The van der Waals surface area contributed by atoms with E-state index in [2.05, 4.69) is 5.32 Å². The third-order valence-corrected chi connectivity index (χ3v) is 4.87. The van der Waals surface area contributed by atoms with Crippen molar-refractivity contribution in [2.24, 2.45) is 0 Å². The van der Waals surface area contributed by atoms with Crippen molar-refractivity contribution in [1.82, 2.24) is 9.13 Å². The zero-order chi connectivity index (χ0) is 21.8. The number of hydrogen-bond donors (Lipinski definition) is 1. The molecule has 0 aliphatic heterocycles. The average Bonchev–Trinajstić information content (AvgIpc) is 2.79. The first-order valence-electron chi connectivity index (χ1n) is 9.92. The van der Waals surface area contributed by atoms with E-state index in [1.165, 1.54) is 4.57 Å². The molecule has 0 aliphatic carbocycles. The summed E-state index contributed by atoms with van der Waals surface area (Å²) in [6, 6.07) is 23.1. The lowest BCUT2D eigenvalue weighted by molar-refractivity contribution is -0.116. The van der Waals surface area contributed by atoms with Crippen molar-refractivity contribution in [1.29, 1.82) is 0 Å². The van der Waals surface area contributed by atoms with Crippen LogP contribution in [0.1, 0.15) is 6.92 Å². The van der Waals surface area contributed by atoms with Crippen molar-refractivity contribution in [2.75, 3.05) is 5.32 Å². The largest absolute Gasteiger partial charge is 0.457 e. The molecule has 0 saturated carbocycles. The third kappa shape index (κ3) is 4.25. The zero-order valence-electron chi connectivity index (χ0n) is 16.9. The van der Waals surface area contributed by atoms with Crippen molar-refractivity contribution in [3.8, 4) is 11.5 Å². The Kier molecular flexibility index (Phi) is 5.66. The minimum absolute atomic E-state index is 0.206. The standard InChI is InChI=1S/C24H21N3O4/c1-2-26-23(29)20-10-6-7-11-21(20)27(24(26)30)16-22(28)25-17-12-14-19(15-13-17)31-18-8-4-3-5-9-18/h3-15H,2,16H2,1H3,(H,25,28). The third-order valence-electron chi connectivity index (χ3n) is 4.87. The number of carbonyl (C=O) groups is 1. The van der Waals surface area contributed by atoms with Gasteiger partial charge in [0.1, 0.15) is 18.0 Å². The number of benzene rings is 3. The fourth-order valence-corrected chi connectivity index (χ4v) is 3.38. The molecule has 0 aliphatic rings. The molecule has 31 heavy (non-hydrogen) atoms. The van der Waals surface area contributed by atoms with Crippen LogP contribution < -0.4 is 21.3 Å². The van der Waals surface area contributed by atoms with Crippen molar-refractivity contribution in [2.45, 2.75) is 20.0 Å². The molecule has 0 spiro atoms. The van der Waals surface area contributed by atoms with Gasteiger partial charge in [-0.25, -0.2) is 4.79 Å². The Labute approximate surface area is 178 Å². The van der Waals surface area contributed by atoms with Gasteiger partial charge in [-0.05, 0) is 55.5 Å². The number of carbonyl (C=O) groups excluding carboxylic acids is 1. The van der Waals surface area contributed by atoms with Crippen LogP contribution in [0.5, 0.6) is 11.5 Å². The highest BCUT2D eigenvalue weighted by Crippen LogP contribution is 2.22. The highest BCUT2D eigenvalue weighted by molar-refractivity contribution is 5.91. The molecular weight excluding hydrogens is 394 g/mol. The summed E-state index contributed by atoms with van der Waals surface area (Å²) >= 11 is 0. The van der Waals surface area contributed by atoms with E-state index in [-0.39, 0.29) is 24.6 Å². The van der Waals surface area contributed by atoms with E-state index >= 15 is 0 Å². The number of amides is 1. The van der Waals surface area contributed by atoms with Gasteiger partial charge >= 0.3 is 5.69 Å². The zero-order valence-corrected chi connectivity index (χ0v) is 16.9. The van der Waals surface area contributed by atoms with E-state index in [1.54, 1.807) is 55.5 Å². The second-order valence-electron chi connectivity index (χ2n) is 6.92. The molecule has 0 fully saturated rings. The first-order chi connectivity index (χ1) is 15.1. The first-order valence-corrected chi connectivity index (χ1v) is 9.92. The monoisotopic (exact) mass is 415 g/mol. The van der Waals surface area contributed by atoms with Crippen molar-refractivity contribution < 1.29 is 9.53 Å². The molecule has 0 saturated heterocycles. The van der Waals surface area contributed by atoms with E-state index in [4.69, 9.17) is 4.74 Å². The van der Waals surface area contributed by atoms with Gasteiger partial charge in [-0.3, -0.25) is 18.7 Å². The van der Waals surface area contributed by atoms with Crippen LogP contribution in [-0.4, -0.2) is 15.0 Å². The number of nitrogens with zero attached hydrogens (tertiary/aromatic N) is 2. The second-order valence-corrected chi connectivity index (χ2v) is 6.92. The molecule has 1 N–H and O–H groups in total. The van der Waals surface area contributed by atoms with E-state index in [0.717, 1.165) is 10.3 Å². The first kappa shape index (κ1) is 20.2. The van der Waals surface area contributed by atoms with E-state index in [1.807, 2.05) is 30.3 Å². The van der Waals surface area contributed by atoms with Gasteiger partial charge in [-0.1, -0.05) is 30.3 Å². The van der Waals surface area contributed by atoms with Crippen molar-refractivity contribution >= 4 is 22.5 Å². The molecule has 1 aromatic heterocycles. The van der Waals surface area contributed by atoms with Crippen LogP contribution in [0, 0.1) is 0 Å². The van der Waals surface area contributed by atoms with Crippen LogP contribution in [-0.2, 0) is 17.9 Å². The fourth-order valence-electron chi connectivity index (χ4n) is 3.38. The molecule has 0 bridgehead atoms. The summed E-state index contributed by atoms with van der Waals surface area (Å²) < 4.78 is 8.20. The molecule has 1 heterocycles. The Morgan fingerprint density at radius 3 is 2.19 bits per heavy atom. The van der Waals surface area contributed by atoms with Crippen LogP contribution in [0.15, 0.2) is 88.5 Å². The Balaban J connectivity index is 1.54. The highest BCUT2D eigenvalue weighted by atomic mass is 16.5. The van der Waals surface area contributed by atoms with E-state index < -0.39 is 5.69 Å². The van der Waals surface area contributed by atoms with Gasteiger partial charge in [0.05, 0.1) is 10.9 Å². The lowest BCUT2D eigenvalue weighted by Crippen LogP contribution is -2.41. The topological polar surface area (TPSA) is 82.3 Å². The minimum Gasteiger partial charge on any atom is -0.457 e. The van der Waals surface area contributed by atoms with Crippen LogP contribution >= 0.6 is 0 Å². The van der Waals surface area contributed by atoms with E-state index in [9.17, 15) is 14.4 Å². The maximum absolute atomic E-state index is 12.8. The number of aromatic nitrogens is 2.